The lowest BCUT2D eigenvalue weighted by Crippen LogP contribution is -2.31. The highest BCUT2D eigenvalue weighted by Gasteiger charge is 2.30. The van der Waals surface area contributed by atoms with Gasteiger partial charge in [-0.3, -0.25) is 0 Å². The van der Waals surface area contributed by atoms with E-state index in [1.54, 1.807) is 4.31 Å². The Hall–Kier alpha value is -1.93. The summed E-state index contributed by atoms with van der Waals surface area (Å²) in [5, 5.41) is 4.05. The minimum absolute atomic E-state index is 0.244. The number of fused-ring (bicyclic) bond motifs is 1. The Labute approximate surface area is 148 Å². The maximum absolute atomic E-state index is 12.3. The number of nitrogens with one attached hydrogen (secondary N) is 1. The molecule has 25 heavy (non-hydrogen) atoms. The second-order valence-corrected chi connectivity index (χ2v) is 8.60. The van der Waals surface area contributed by atoms with Crippen LogP contribution in [0.5, 0.6) is 0 Å². The predicted octanol–water partition coefficient (Wildman–Crippen LogP) is 2.08. The van der Waals surface area contributed by atoms with Gasteiger partial charge in [-0.05, 0) is 30.9 Å². The molecule has 1 fully saturated rings. The van der Waals surface area contributed by atoms with Crippen molar-refractivity contribution < 1.29 is 8.42 Å². The number of sulfonamides is 1. The van der Waals surface area contributed by atoms with Crippen LogP contribution in [0.2, 0.25) is 0 Å². The number of benzene rings is 1. The van der Waals surface area contributed by atoms with E-state index in [4.69, 9.17) is 5.73 Å². The van der Waals surface area contributed by atoms with Crippen LogP contribution in [0, 0.1) is 5.92 Å². The van der Waals surface area contributed by atoms with Crippen molar-refractivity contribution in [3.05, 3.63) is 24.3 Å². The predicted molar refractivity (Wildman–Crippen MR) is 101 cm³/mol. The molecule has 0 bridgehead atoms. The Balaban J connectivity index is 1.60. The normalized spacial score (nSPS) is 18.7. The van der Waals surface area contributed by atoms with Crippen LogP contribution in [0.4, 0.5) is 11.8 Å². The van der Waals surface area contributed by atoms with Crippen molar-refractivity contribution in [3.63, 3.8) is 0 Å². The van der Waals surface area contributed by atoms with Gasteiger partial charge < -0.3 is 11.1 Å². The largest absolute Gasteiger partial charge is 0.383 e. The van der Waals surface area contributed by atoms with Crippen molar-refractivity contribution in [3.8, 4) is 0 Å². The Bertz CT molecular complexity index is 840. The van der Waals surface area contributed by atoms with E-state index in [0.29, 0.717) is 37.8 Å². The van der Waals surface area contributed by atoms with Crippen LogP contribution in [0.1, 0.15) is 26.2 Å². The summed E-state index contributed by atoms with van der Waals surface area (Å²) in [7, 11) is -3.12. The van der Waals surface area contributed by atoms with Crippen LogP contribution in [0.3, 0.4) is 0 Å². The molecule has 3 N–H and O–H groups in total. The van der Waals surface area contributed by atoms with Crippen molar-refractivity contribution in [2.24, 2.45) is 5.92 Å². The summed E-state index contributed by atoms with van der Waals surface area (Å²) in [4.78, 5) is 8.77. The third-order valence-electron chi connectivity index (χ3n) is 4.58. The Kier molecular flexibility index (Phi) is 5.39. The van der Waals surface area contributed by atoms with Gasteiger partial charge in [-0.25, -0.2) is 17.7 Å². The molecule has 0 radical (unpaired) electrons. The fourth-order valence-corrected chi connectivity index (χ4v) is 4.82. The first-order valence-corrected chi connectivity index (χ1v) is 10.3. The van der Waals surface area contributed by atoms with Crippen LogP contribution in [0.25, 0.3) is 10.9 Å². The minimum Gasteiger partial charge on any atom is -0.383 e. The quantitative estimate of drug-likeness (QED) is 0.781. The lowest BCUT2D eigenvalue weighted by molar-refractivity contribution is 0.459. The van der Waals surface area contributed by atoms with Crippen LogP contribution in [-0.4, -0.2) is 48.1 Å². The zero-order valence-electron chi connectivity index (χ0n) is 14.5. The number of rotatable bonds is 7. The van der Waals surface area contributed by atoms with Gasteiger partial charge in [-0.15, -0.1) is 0 Å². The summed E-state index contributed by atoms with van der Waals surface area (Å²) in [6, 6.07) is 7.61. The number of nitrogens with zero attached hydrogens (tertiary/aromatic N) is 3. The summed E-state index contributed by atoms with van der Waals surface area (Å²) in [5.74, 6) is 1.44. The number of aromatic nitrogens is 2. The van der Waals surface area contributed by atoms with Gasteiger partial charge in [0.05, 0.1) is 11.3 Å². The molecule has 0 amide bonds. The van der Waals surface area contributed by atoms with Gasteiger partial charge in [0, 0.05) is 25.0 Å². The third-order valence-corrected chi connectivity index (χ3v) is 6.50. The van der Waals surface area contributed by atoms with Crippen LogP contribution < -0.4 is 11.1 Å². The van der Waals surface area contributed by atoms with Gasteiger partial charge in [0.15, 0.2) is 0 Å². The molecule has 1 aromatic heterocycles. The standard InChI is InChI=1S/C17H25N5O2S/c1-2-3-10-25(23,24)22-9-8-13(12-22)11-19-17-20-15-7-5-4-6-14(15)16(18)21-17/h4-7,13H,2-3,8-12H2,1H3,(H3,18,19,20,21). The molecule has 1 atom stereocenters. The second kappa shape index (κ2) is 7.53. The number of anilines is 2. The van der Waals surface area contributed by atoms with E-state index < -0.39 is 10.0 Å². The highest BCUT2D eigenvalue weighted by molar-refractivity contribution is 7.89. The lowest BCUT2D eigenvalue weighted by atomic mass is 10.1. The molecule has 3 rings (SSSR count). The van der Waals surface area contributed by atoms with Crippen molar-refractivity contribution >= 4 is 32.7 Å². The molecule has 1 aliphatic heterocycles. The number of nitrogens with two attached hydrogens (primary N) is 1. The monoisotopic (exact) mass is 363 g/mol. The average Bonchev–Trinajstić information content (AvgIpc) is 3.08. The number of para-hydroxylation sites is 1. The molecule has 2 aromatic rings. The van der Waals surface area contributed by atoms with Crippen LogP contribution in [0.15, 0.2) is 24.3 Å². The molecule has 8 heteroatoms. The topological polar surface area (TPSA) is 101 Å². The van der Waals surface area contributed by atoms with E-state index in [1.165, 1.54) is 0 Å². The lowest BCUT2D eigenvalue weighted by Gasteiger charge is -2.16. The minimum atomic E-state index is -3.12. The van der Waals surface area contributed by atoms with Crippen molar-refractivity contribution in [1.82, 2.24) is 14.3 Å². The van der Waals surface area contributed by atoms with Crippen molar-refractivity contribution in [2.75, 3.05) is 36.4 Å². The average molecular weight is 363 g/mol. The summed E-state index contributed by atoms with van der Waals surface area (Å²) >= 11 is 0. The number of hydrogen-bond acceptors (Lipinski definition) is 6. The first-order valence-electron chi connectivity index (χ1n) is 8.73. The first kappa shape index (κ1) is 17.9. The van der Waals surface area contributed by atoms with Crippen molar-refractivity contribution in [1.29, 1.82) is 0 Å². The molecule has 0 saturated carbocycles. The van der Waals surface area contributed by atoms with Gasteiger partial charge in [-0.1, -0.05) is 25.5 Å². The molecule has 0 spiro atoms. The molecule has 1 aromatic carbocycles. The number of unbranched alkanes of at least 4 members (excludes halogenated alkanes) is 1. The summed E-state index contributed by atoms with van der Waals surface area (Å²) in [6.07, 6.45) is 2.45. The Morgan fingerprint density at radius 3 is 2.92 bits per heavy atom. The molecule has 1 aliphatic rings. The van der Waals surface area contributed by atoms with Crippen LogP contribution >= 0.6 is 0 Å². The molecule has 1 unspecified atom stereocenters. The van der Waals surface area contributed by atoms with E-state index in [9.17, 15) is 8.42 Å². The first-order chi connectivity index (χ1) is 12.0. The maximum atomic E-state index is 12.3. The van der Waals surface area contributed by atoms with E-state index in [-0.39, 0.29) is 11.7 Å². The van der Waals surface area contributed by atoms with Gasteiger partial charge >= 0.3 is 0 Å². The highest BCUT2D eigenvalue weighted by Crippen LogP contribution is 2.22. The molecule has 0 aliphatic carbocycles. The zero-order valence-corrected chi connectivity index (χ0v) is 15.3. The van der Waals surface area contributed by atoms with E-state index in [2.05, 4.69) is 15.3 Å². The smallest absolute Gasteiger partial charge is 0.225 e. The highest BCUT2D eigenvalue weighted by atomic mass is 32.2. The molecular formula is C17H25N5O2S. The van der Waals surface area contributed by atoms with Crippen molar-refractivity contribution in [2.45, 2.75) is 26.2 Å². The summed E-state index contributed by atoms with van der Waals surface area (Å²) in [5.41, 5.74) is 6.79. The summed E-state index contributed by atoms with van der Waals surface area (Å²) < 4.78 is 26.1. The Morgan fingerprint density at radius 2 is 2.12 bits per heavy atom. The van der Waals surface area contributed by atoms with Gasteiger partial charge in [-0.2, -0.15) is 4.98 Å². The van der Waals surface area contributed by atoms with Gasteiger partial charge in [0.1, 0.15) is 5.82 Å². The van der Waals surface area contributed by atoms with Gasteiger partial charge in [0.2, 0.25) is 16.0 Å². The van der Waals surface area contributed by atoms with E-state index in [1.807, 2.05) is 31.2 Å². The number of hydrogen-bond donors (Lipinski definition) is 2. The zero-order chi connectivity index (χ0) is 17.9. The van der Waals surface area contributed by atoms with Crippen LogP contribution in [-0.2, 0) is 10.0 Å². The van der Waals surface area contributed by atoms with E-state index >= 15 is 0 Å². The fraction of sp³-hybridized carbons (Fsp3) is 0.529. The SMILES string of the molecule is CCCCS(=O)(=O)N1CCC(CNc2nc(N)c3ccccc3n2)C1. The van der Waals surface area contributed by atoms with E-state index in [0.717, 1.165) is 23.7 Å². The third kappa shape index (κ3) is 4.19. The molecule has 1 saturated heterocycles. The summed E-state index contributed by atoms with van der Waals surface area (Å²) in [6.45, 7) is 3.79. The molecular weight excluding hydrogens is 338 g/mol. The molecule has 2 heterocycles. The molecule has 7 nitrogen and oxygen atoms in total. The van der Waals surface area contributed by atoms with Gasteiger partial charge in [0.25, 0.3) is 0 Å². The molecule has 136 valence electrons. The Morgan fingerprint density at radius 1 is 1.32 bits per heavy atom. The maximum Gasteiger partial charge on any atom is 0.225 e. The fourth-order valence-electron chi connectivity index (χ4n) is 3.09. The second-order valence-electron chi connectivity index (χ2n) is 6.51. The number of nitrogen functional groups attached to an aromatic ring is 1.